The molecule has 6 nitrogen and oxygen atoms in total. The largest absolute Gasteiger partial charge is 0.343 e. The van der Waals surface area contributed by atoms with E-state index in [-0.39, 0.29) is 11.4 Å². The molecule has 6 heteroatoms. The Hall–Kier alpha value is -3.51. The molecule has 0 saturated carbocycles. The lowest BCUT2D eigenvalue weighted by Crippen LogP contribution is -2.32. The fourth-order valence-electron chi connectivity index (χ4n) is 6.67. The molecule has 0 radical (unpaired) electrons. The summed E-state index contributed by atoms with van der Waals surface area (Å²) in [6, 6.07) is 16.0. The van der Waals surface area contributed by atoms with E-state index in [1.165, 1.54) is 61.9 Å². The van der Waals surface area contributed by atoms with Crippen molar-refractivity contribution < 1.29 is 4.79 Å². The topological polar surface area (TPSA) is 73.9 Å². The highest BCUT2D eigenvalue weighted by Crippen LogP contribution is 2.36. The van der Waals surface area contributed by atoms with Crippen molar-refractivity contribution in [3.8, 4) is 22.4 Å². The summed E-state index contributed by atoms with van der Waals surface area (Å²) in [6.45, 7) is 6.62. The van der Waals surface area contributed by atoms with Crippen LogP contribution >= 0.6 is 0 Å². The van der Waals surface area contributed by atoms with Gasteiger partial charge in [0, 0.05) is 34.3 Å². The number of amides is 1. The summed E-state index contributed by atoms with van der Waals surface area (Å²) in [5.74, 6) is -0.0265. The fraction of sp³-hybridized carbons (Fsp3) is 0.387. The first kappa shape index (κ1) is 22.7. The third kappa shape index (κ3) is 3.86. The van der Waals surface area contributed by atoms with Gasteiger partial charge in [-0.1, -0.05) is 30.3 Å². The molecule has 1 aliphatic carbocycles. The van der Waals surface area contributed by atoms with Crippen LogP contribution in [0.5, 0.6) is 0 Å². The molecule has 1 amide bonds. The van der Waals surface area contributed by atoms with Crippen LogP contribution in [0.4, 0.5) is 0 Å². The van der Waals surface area contributed by atoms with Crippen LogP contribution in [-0.2, 0) is 18.4 Å². The number of rotatable bonds is 3. The lowest BCUT2D eigenvalue weighted by Gasteiger charge is -2.25. The van der Waals surface area contributed by atoms with Gasteiger partial charge in [0.25, 0.3) is 5.91 Å². The molecule has 1 fully saturated rings. The SMILES string of the molecule is CC1(C)NC(=O)c2cc(-c3[nH]nc4ncc(-c5ccc6c(c5)CCC(N5CCCC5)CC6)cc34)ccc21. The molecule has 1 saturated heterocycles. The summed E-state index contributed by atoms with van der Waals surface area (Å²) in [5.41, 5.74) is 9.22. The molecular weight excluding hydrogens is 458 g/mol. The average molecular weight is 492 g/mol. The van der Waals surface area contributed by atoms with E-state index >= 15 is 0 Å². The number of nitrogens with one attached hydrogen (secondary N) is 2. The van der Waals surface area contributed by atoms with Gasteiger partial charge in [0.1, 0.15) is 0 Å². The minimum absolute atomic E-state index is 0.0265. The molecule has 37 heavy (non-hydrogen) atoms. The third-order valence-corrected chi connectivity index (χ3v) is 8.75. The minimum atomic E-state index is -0.352. The van der Waals surface area contributed by atoms with Crippen LogP contribution in [0.25, 0.3) is 33.4 Å². The standard InChI is InChI=1S/C31H33N5O/c1-31(2)27-12-9-22(16-25(27)30(37)33-31)28-26-17-23(18-32-29(26)35-34-28)21-6-5-19-7-10-24(11-8-20(19)15-21)36-13-3-4-14-36/h5-6,9,12,15-18,24H,3-4,7-8,10-11,13-14H2,1-2H3,(H,33,37)(H,32,34,35). The van der Waals surface area contributed by atoms with E-state index in [1.807, 2.05) is 32.2 Å². The van der Waals surface area contributed by atoms with Gasteiger partial charge in [0.15, 0.2) is 5.65 Å². The van der Waals surface area contributed by atoms with Gasteiger partial charge in [-0.3, -0.25) is 9.89 Å². The summed E-state index contributed by atoms with van der Waals surface area (Å²) in [6.07, 6.45) is 9.48. The predicted molar refractivity (Wildman–Crippen MR) is 146 cm³/mol. The van der Waals surface area contributed by atoms with Crippen LogP contribution in [0.3, 0.4) is 0 Å². The zero-order chi connectivity index (χ0) is 25.1. The summed E-state index contributed by atoms with van der Waals surface area (Å²) >= 11 is 0. The van der Waals surface area contributed by atoms with Crippen molar-refractivity contribution in [2.24, 2.45) is 0 Å². The summed E-state index contributed by atoms with van der Waals surface area (Å²) in [7, 11) is 0. The van der Waals surface area contributed by atoms with Gasteiger partial charge in [-0.25, -0.2) is 4.98 Å². The third-order valence-electron chi connectivity index (χ3n) is 8.75. The maximum absolute atomic E-state index is 12.6. The average Bonchev–Trinajstić information content (AvgIpc) is 3.59. The highest BCUT2D eigenvalue weighted by molar-refractivity contribution is 6.02. The molecule has 3 aliphatic rings. The molecule has 4 aromatic rings. The van der Waals surface area contributed by atoms with E-state index in [1.54, 1.807) is 0 Å². The Labute approximate surface area is 217 Å². The van der Waals surface area contributed by atoms with Gasteiger partial charge in [0.05, 0.1) is 11.2 Å². The van der Waals surface area contributed by atoms with E-state index in [9.17, 15) is 4.79 Å². The maximum atomic E-state index is 12.6. The molecule has 1 unspecified atom stereocenters. The minimum Gasteiger partial charge on any atom is -0.343 e. The van der Waals surface area contributed by atoms with Crippen molar-refractivity contribution in [1.82, 2.24) is 25.4 Å². The molecule has 7 rings (SSSR count). The number of benzene rings is 2. The Bertz CT molecular complexity index is 1530. The van der Waals surface area contributed by atoms with E-state index in [4.69, 9.17) is 0 Å². The quantitative estimate of drug-likeness (QED) is 0.365. The lowest BCUT2D eigenvalue weighted by molar-refractivity contribution is 0.0940. The molecule has 2 aliphatic heterocycles. The van der Waals surface area contributed by atoms with Gasteiger partial charge < -0.3 is 10.2 Å². The highest BCUT2D eigenvalue weighted by atomic mass is 16.2. The van der Waals surface area contributed by atoms with Crippen LogP contribution in [0.15, 0.2) is 48.7 Å². The fourth-order valence-corrected chi connectivity index (χ4v) is 6.67. The van der Waals surface area contributed by atoms with E-state index in [0.29, 0.717) is 5.65 Å². The van der Waals surface area contributed by atoms with E-state index in [2.05, 4.69) is 55.7 Å². The van der Waals surface area contributed by atoms with Gasteiger partial charge >= 0.3 is 0 Å². The van der Waals surface area contributed by atoms with Crippen molar-refractivity contribution in [3.05, 3.63) is 70.9 Å². The first-order valence-electron chi connectivity index (χ1n) is 13.6. The number of likely N-dealkylation sites (tertiary alicyclic amines) is 1. The van der Waals surface area contributed by atoms with Crippen LogP contribution < -0.4 is 5.32 Å². The Balaban J connectivity index is 1.21. The van der Waals surface area contributed by atoms with Gasteiger partial charge in [-0.05, 0) is 99.8 Å². The number of carbonyl (C=O) groups excluding carboxylic acids is 1. The molecule has 2 aromatic heterocycles. The number of aromatic amines is 1. The van der Waals surface area contributed by atoms with E-state index in [0.717, 1.165) is 45.8 Å². The number of pyridine rings is 1. The van der Waals surface area contributed by atoms with Crippen LogP contribution in [0, 0.1) is 0 Å². The molecule has 188 valence electrons. The second-order valence-electron chi connectivity index (χ2n) is 11.5. The zero-order valence-electron chi connectivity index (χ0n) is 21.6. The number of carbonyl (C=O) groups is 1. The Morgan fingerprint density at radius 2 is 1.70 bits per heavy atom. The number of aromatic nitrogens is 3. The van der Waals surface area contributed by atoms with Crippen molar-refractivity contribution in [3.63, 3.8) is 0 Å². The molecule has 0 bridgehead atoms. The summed E-state index contributed by atoms with van der Waals surface area (Å²) < 4.78 is 0. The Kier molecular flexibility index (Phi) is 5.22. The highest BCUT2D eigenvalue weighted by Gasteiger charge is 2.35. The Morgan fingerprint density at radius 3 is 2.54 bits per heavy atom. The summed E-state index contributed by atoms with van der Waals surface area (Å²) in [4.78, 5) is 20.0. The maximum Gasteiger partial charge on any atom is 0.252 e. The van der Waals surface area contributed by atoms with Crippen molar-refractivity contribution in [2.75, 3.05) is 13.1 Å². The lowest BCUT2D eigenvalue weighted by atomic mass is 9.92. The van der Waals surface area contributed by atoms with Gasteiger partial charge in [0.2, 0.25) is 0 Å². The van der Waals surface area contributed by atoms with Gasteiger partial charge in [-0.15, -0.1) is 0 Å². The van der Waals surface area contributed by atoms with Crippen molar-refractivity contribution in [1.29, 1.82) is 0 Å². The summed E-state index contributed by atoms with van der Waals surface area (Å²) in [5, 5.41) is 11.7. The number of nitrogens with zero attached hydrogens (tertiary/aromatic N) is 3. The number of hydrogen-bond donors (Lipinski definition) is 2. The monoisotopic (exact) mass is 491 g/mol. The number of hydrogen-bond acceptors (Lipinski definition) is 4. The number of H-pyrrole nitrogens is 1. The smallest absolute Gasteiger partial charge is 0.252 e. The van der Waals surface area contributed by atoms with Crippen molar-refractivity contribution >= 4 is 16.9 Å². The number of aryl methyl sites for hydroxylation is 2. The molecule has 2 aromatic carbocycles. The molecule has 2 N–H and O–H groups in total. The second kappa shape index (κ2) is 8.52. The Morgan fingerprint density at radius 1 is 0.919 bits per heavy atom. The number of fused-ring (bicyclic) bond motifs is 3. The first-order chi connectivity index (χ1) is 18.0. The normalized spacial score (nSPS) is 21.0. The van der Waals surface area contributed by atoms with Crippen LogP contribution in [0.1, 0.15) is 66.6 Å². The first-order valence-corrected chi connectivity index (χ1v) is 13.6. The molecular formula is C31H33N5O. The van der Waals surface area contributed by atoms with Crippen molar-refractivity contribution in [2.45, 2.75) is 64.0 Å². The van der Waals surface area contributed by atoms with E-state index < -0.39 is 0 Å². The van der Waals surface area contributed by atoms with Crippen LogP contribution in [0.2, 0.25) is 0 Å². The molecule has 0 spiro atoms. The second-order valence-corrected chi connectivity index (χ2v) is 11.5. The van der Waals surface area contributed by atoms with Gasteiger partial charge in [-0.2, -0.15) is 5.10 Å². The molecule has 4 heterocycles. The zero-order valence-corrected chi connectivity index (χ0v) is 21.6. The van der Waals surface area contributed by atoms with Crippen LogP contribution in [-0.4, -0.2) is 45.1 Å². The predicted octanol–water partition coefficient (Wildman–Crippen LogP) is 5.61. The molecule has 1 atom stereocenters.